The number of rotatable bonds is 3. The molecule has 0 saturated heterocycles. The molecule has 0 spiro atoms. The molecule has 3 aromatic rings. The van der Waals surface area contributed by atoms with Crippen molar-refractivity contribution < 1.29 is 4.79 Å². The third kappa shape index (κ3) is 2.32. The minimum atomic E-state index is -0.354. The molecule has 0 aliphatic heterocycles. The van der Waals surface area contributed by atoms with E-state index in [1.165, 1.54) is 4.40 Å². The fourth-order valence-corrected chi connectivity index (χ4v) is 2.03. The normalized spacial score (nSPS) is 10.4. The summed E-state index contributed by atoms with van der Waals surface area (Å²) in [6.45, 7) is -0.133. The van der Waals surface area contributed by atoms with Crippen LogP contribution in [0.2, 0.25) is 0 Å². The van der Waals surface area contributed by atoms with Crippen LogP contribution in [0.25, 0.3) is 5.65 Å². The van der Waals surface area contributed by atoms with Crippen LogP contribution in [0.5, 0.6) is 0 Å². The summed E-state index contributed by atoms with van der Waals surface area (Å²) < 4.78 is 2.52. The minimum absolute atomic E-state index is 0.133. The Balaban J connectivity index is 1.91. The molecule has 2 heterocycles. The number of pyridine rings is 1. The quantitative estimate of drug-likeness (QED) is 0.675. The van der Waals surface area contributed by atoms with Crippen molar-refractivity contribution in [3.05, 3.63) is 70.3 Å². The zero-order valence-corrected chi connectivity index (χ0v) is 10.9. The number of hydrogen-bond acceptors (Lipinski definition) is 4. The Labute approximate surface area is 119 Å². The minimum Gasteiger partial charge on any atom is -0.292 e. The summed E-state index contributed by atoms with van der Waals surface area (Å²) in [7, 11) is 0. The molecular formula is C15H10N4O2. The second-order valence-electron chi connectivity index (χ2n) is 4.48. The predicted molar refractivity (Wildman–Crippen MR) is 74.9 cm³/mol. The van der Waals surface area contributed by atoms with E-state index in [0.717, 1.165) is 4.68 Å². The SMILES string of the molecule is N#Cc1ccc(C(=O)Cn2nc3ccccn3c2=O)cc1. The van der Waals surface area contributed by atoms with Crippen LogP contribution in [-0.2, 0) is 6.54 Å². The number of nitrogens with zero attached hydrogens (tertiary/aromatic N) is 4. The van der Waals surface area contributed by atoms with E-state index in [1.54, 1.807) is 48.7 Å². The van der Waals surface area contributed by atoms with Gasteiger partial charge in [-0.3, -0.25) is 9.20 Å². The highest BCUT2D eigenvalue weighted by Crippen LogP contribution is 2.05. The molecule has 0 aliphatic carbocycles. The van der Waals surface area contributed by atoms with Gasteiger partial charge in [0.1, 0.15) is 6.54 Å². The number of fused-ring (bicyclic) bond motifs is 1. The molecule has 102 valence electrons. The zero-order chi connectivity index (χ0) is 14.8. The third-order valence-electron chi connectivity index (χ3n) is 3.12. The van der Waals surface area contributed by atoms with Gasteiger partial charge in [0, 0.05) is 11.8 Å². The van der Waals surface area contributed by atoms with E-state index in [-0.39, 0.29) is 18.0 Å². The van der Waals surface area contributed by atoms with Gasteiger partial charge in [-0.05, 0) is 24.3 Å². The first kappa shape index (κ1) is 12.8. The van der Waals surface area contributed by atoms with Gasteiger partial charge in [0.25, 0.3) is 0 Å². The second kappa shape index (κ2) is 5.06. The van der Waals surface area contributed by atoms with E-state index in [2.05, 4.69) is 5.10 Å². The van der Waals surface area contributed by atoms with Crippen molar-refractivity contribution in [1.29, 1.82) is 5.26 Å². The van der Waals surface area contributed by atoms with E-state index < -0.39 is 0 Å². The monoisotopic (exact) mass is 278 g/mol. The van der Waals surface area contributed by atoms with E-state index in [9.17, 15) is 9.59 Å². The Hall–Kier alpha value is -3.20. The van der Waals surface area contributed by atoms with Gasteiger partial charge in [0.15, 0.2) is 11.4 Å². The van der Waals surface area contributed by atoms with Crippen molar-refractivity contribution in [2.24, 2.45) is 0 Å². The van der Waals surface area contributed by atoms with Crippen LogP contribution >= 0.6 is 0 Å². The lowest BCUT2D eigenvalue weighted by atomic mass is 10.1. The Morgan fingerprint density at radius 3 is 2.62 bits per heavy atom. The highest BCUT2D eigenvalue weighted by Gasteiger charge is 2.12. The highest BCUT2D eigenvalue weighted by atomic mass is 16.2. The number of carbonyl (C=O) groups excluding carboxylic acids is 1. The zero-order valence-electron chi connectivity index (χ0n) is 10.9. The molecule has 0 N–H and O–H groups in total. The van der Waals surface area contributed by atoms with Gasteiger partial charge in [0.2, 0.25) is 0 Å². The van der Waals surface area contributed by atoms with E-state index in [1.807, 2.05) is 6.07 Å². The van der Waals surface area contributed by atoms with Gasteiger partial charge in [-0.1, -0.05) is 18.2 Å². The van der Waals surface area contributed by atoms with Gasteiger partial charge in [0.05, 0.1) is 11.6 Å². The number of nitriles is 1. The van der Waals surface area contributed by atoms with Crippen LogP contribution < -0.4 is 5.69 Å². The Morgan fingerprint density at radius 2 is 1.95 bits per heavy atom. The van der Waals surface area contributed by atoms with E-state index >= 15 is 0 Å². The van der Waals surface area contributed by atoms with Crippen LogP contribution in [0.4, 0.5) is 0 Å². The first-order valence-corrected chi connectivity index (χ1v) is 6.26. The van der Waals surface area contributed by atoms with Crippen LogP contribution in [-0.4, -0.2) is 20.0 Å². The third-order valence-corrected chi connectivity index (χ3v) is 3.12. The summed E-state index contributed by atoms with van der Waals surface area (Å²) in [5.41, 5.74) is 1.07. The van der Waals surface area contributed by atoms with Crippen molar-refractivity contribution in [3.63, 3.8) is 0 Å². The molecule has 21 heavy (non-hydrogen) atoms. The summed E-state index contributed by atoms with van der Waals surface area (Å²) in [4.78, 5) is 24.2. The van der Waals surface area contributed by atoms with Crippen LogP contribution in [0.15, 0.2) is 53.5 Å². The number of aromatic nitrogens is 3. The fourth-order valence-electron chi connectivity index (χ4n) is 2.03. The number of benzene rings is 1. The summed E-state index contributed by atoms with van der Waals surface area (Å²) >= 11 is 0. The van der Waals surface area contributed by atoms with Crippen molar-refractivity contribution in [2.75, 3.05) is 0 Å². The molecule has 6 heteroatoms. The molecule has 0 unspecified atom stereocenters. The maximum atomic E-state index is 12.2. The maximum absolute atomic E-state index is 12.2. The lowest BCUT2D eigenvalue weighted by Gasteiger charge is -2.00. The first-order valence-electron chi connectivity index (χ1n) is 6.26. The molecule has 2 aromatic heterocycles. The van der Waals surface area contributed by atoms with Crippen LogP contribution in [0.3, 0.4) is 0 Å². The van der Waals surface area contributed by atoms with Crippen molar-refractivity contribution in [2.45, 2.75) is 6.54 Å². The molecule has 6 nitrogen and oxygen atoms in total. The van der Waals surface area contributed by atoms with Gasteiger partial charge in [-0.25, -0.2) is 9.48 Å². The number of Topliss-reactive ketones (excluding diaryl/α,β-unsaturated/α-hetero) is 1. The summed E-state index contributed by atoms with van der Waals surface area (Å²) in [5.74, 6) is -0.231. The lowest BCUT2D eigenvalue weighted by molar-refractivity contribution is 0.0966. The second-order valence-corrected chi connectivity index (χ2v) is 4.48. The summed E-state index contributed by atoms with van der Waals surface area (Å²) in [6.07, 6.45) is 1.60. The Morgan fingerprint density at radius 1 is 1.19 bits per heavy atom. The van der Waals surface area contributed by atoms with E-state index in [0.29, 0.717) is 16.8 Å². The molecular weight excluding hydrogens is 268 g/mol. The maximum Gasteiger partial charge on any atom is 0.350 e. The summed E-state index contributed by atoms with van der Waals surface area (Å²) in [6, 6.07) is 13.5. The molecule has 0 atom stereocenters. The average Bonchev–Trinajstić information content (AvgIpc) is 2.84. The highest BCUT2D eigenvalue weighted by molar-refractivity contribution is 5.95. The first-order chi connectivity index (χ1) is 10.2. The standard InChI is InChI=1S/C15H10N4O2/c16-9-11-4-6-12(7-5-11)13(20)10-19-15(21)18-8-2-1-3-14(18)17-19/h1-8H,10H2. The largest absolute Gasteiger partial charge is 0.350 e. The number of hydrogen-bond donors (Lipinski definition) is 0. The van der Waals surface area contributed by atoms with Gasteiger partial charge < -0.3 is 0 Å². The molecule has 0 fully saturated rings. The Bertz CT molecular complexity index is 913. The van der Waals surface area contributed by atoms with Crippen LogP contribution in [0.1, 0.15) is 15.9 Å². The molecule has 0 saturated carbocycles. The Kier molecular flexibility index (Phi) is 3.09. The smallest absolute Gasteiger partial charge is 0.292 e. The van der Waals surface area contributed by atoms with Gasteiger partial charge in [-0.15, -0.1) is 5.10 Å². The van der Waals surface area contributed by atoms with Crippen molar-refractivity contribution in [3.8, 4) is 6.07 Å². The van der Waals surface area contributed by atoms with E-state index in [4.69, 9.17) is 5.26 Å². The molecule has 0 aliphatic rings. The topological polar surface area (TPSA) is 80.2 Å². The van der Waals surface area contributed by atoms with Crippen LogP contribution in [0, 0.1) is 11.3 Å². The molecule has 3 rings (SSSR count). The summed E-state index contributed by atoms with van der Waals surface area (Å²) in [5, 5.41) is 12.8. The lowest BCUT2D eigenvalue weighted by Crippen LogP contribution is -2.25. The molecule has 0 radical (unpaired) electrons. The molecule has 0 amide bonds. The van der Waals surface area contributed by atoms with Crippen molar-refractivity contribution >= 4 is 11.4 Å². The van der Waals surface area contributed by atoms with Gasteiger partial charge in [-0.2, -0.15) is 5.26 Å². The van der Waals surface area contributed by atoms with Crippen molar-refractivity contribution in [1.82, 2.24) is 14.2 Å². The van der Waals surface area contributed by atoms with Gasteiger partial charge >= 0.3 is 5.69 Å². The fraction of sp³-hybridized carbons (Fsp3) is 0.0667. The average molecular weight is 278 g/mol. The number of ketones is 1. The molecule has 1 aromatic carbocycles. The predicted octanol–water partition coefficient (Wildman–Crippen LogP) is 1.25. The number of carbonyl (C=O) groups is 1. The molecule has 0 bridgehead atoms.